The number of aliphatic hydroxyl groups excluding tert-OH is 1. The van der Waals surface area contributed by atoms with Crippen molar-refractivity contribution >= 4 is 47.0 Å². The zero-order chi connectivity index (χ0) is 59.4. The molecule has 5 heterocycles. The molecule has 0 radical (unpaired) electrons. The first-order valence-electron chi connectivity index (χ1n) is 31.0. The number of fused-ring (bicyclic) bond motifs is 1. The summed E-state index contributed by atoms with van der Waals surface area (Å²) in [5, 5.41) is 23.8. The molecule has 21 heteroatoms. The number of amides is 5. The van der Waals surface area contributed by atoms with Crippen LogP contribution in [0.5, 0.6) is 0 Å². The van der Waals surface area contributed by atoms with E-state index in [2.05, 4.69) is 48.0 Å². The van der Waals surface area contributed by atoms with Gasteiger partial charge in [-0.1, -0.05) is 68.1 Å². The zero-order valence-corrected chi connectivity index (χ0v) is 49.8. The fraction of sp³-hybridized carbons (Fsp3) is 0.578. The quantitative estimate of drug-likeness (QED) is 0.0572. The Kier molecular flexibility index (Phi) is 21.5. The molecule has 6 aliphatic rings. The highest BCUT2D eigenvalue weighted by Crippen LogP contribution is 2.43. The number of piperazine rings is 1. The van der Waals surface area contributed by atoms with Gasteiger partial charge in [-0.15, -0.1) is 0 Å². The van der Waals surface area contributed by atoms with Crippen molar-refractivity contribution in [3.05, 3.63) is 123 Å². The third kappa shape index (κ3) is 16.1. The van der Waals surface area contributed by atoms with Crippen LogP contribution in [0.15, 0.2) is 73.1 Å². The van der Waals surface area contributed by atoms with E-state index in [0.29, 0.717) is 114 Å². The highest BCUT2D eigenvalue weighted by molar-refractivity contribution is 6.30. The second kappa shape index (κ2) is 29.5. The van der Waals surface area contributed by atoms with Crippen molar-refractivity contribution in [3.63, 3.8) is 0 Å². The van der Waals surface area contributed by atoms with E-state index in [0.717, 1.165) is 99.5 Å². The first kappa shape index (κ1) is 61.9. The van der Waals surface area contributed by atoms with Crippen molar-refractivity contribution in [1.82, 2.24) is 50.8 Å². The minimum atomic E-state index is -0.657. The first-order chi connectivity index (χ1) is 41.2. The van der Waals surface area contributed by atoms with Crippen LogP contribution in [0.3, 0.4) is 0 Å². The number of piperidine rings is 3. The fourth-order valence-corrected chi connectivity index (χ4v) is 13.7. The van der Waals surface area contributed by atoms with Gasteiger partial charge in [-0.3, -0.25) is 28.9 Å². The highest BCUT2D eigenvalue weighted by Gasteiger charge is 2.38. The maximum Gasteiger partial charge on any atom is 0.251 e. The summed E-state index contributed by atoms with van der Waals surface area (Å²) in [6.45, 7) is 9.80. The minimum Gasteiger partial charge on any atom is -0.387 e. The average molecular weight is 1190 g/mol. The maximum absolute atomic E-state index is 14.5. The van der Waals surface area contributed by atoms with Gasteiger partial charge in [-0.25, -0.2) is 18.7 Å². The molecule has 1 unspecified atom stereocenters. The van der Waals surface area contributed by atoms with Gasteiger partial charge in [0.1, 0.15) is 29.8 Å². The summed E-state index contributed by atoms with van der Waals surface area (Å²) in [6, 6.07) is 17.7. The number of likely N-dealkylation sites (tertiary alicyclic amines) is 3. The lowest BCUT2D eigenvalue weighted by Gasteiger charge is -2.39. The molecule has 3 aromatic carbocycles. The van der Waals surface area contributed by atoms with Gasteiger partial charge in [0.05, 0.1) is 43.0 Å². The molecule has 0 spiro atoms. The molecule has 5 N–H and O–H groups in total. The standard InChI is InChI=1S/C64H84ClF2N11O7/c1-42-33-55(79)60-58(42)61(72-41-71-60)75-29-31-77(32-30-75)63(83)53(43-12-15-49(65)16-13-43)37-68-22-23-70-56(80)40-74-25-18-51(19-26-74)85-52-20-27-76(28-21-52)64(84)59(44-7-3-2-4-8-44)73-62(82)46-10-5-9-45(34-46)48-11-6-24-78(39-48)57(81)38-69-36-47-14-17-50(66)35-54(47)67/h5,9-10,12-17,34-35,41-42,44,48,51-53,55,59,68-69,79H,2-4,6-8,11,18-33,36-40H2,1H3,(H,70,80)(H,73,82)/t42-,48?,53-,55-,59-/m1/s1. The predicted octanol–water partition coefficient (Wildman–Crippen LogP) is 6.43. The number of hydrogen-bond acceptors (Lipinski definition) is 13. The van der Waals surface area contributed by atoms with E-state index in [4.69, 9.17) is 16.3 Å². The van der Waals surface area contributed by atoms with Gasteiger partial charge < -0.3 is 50.7 Å². The molecule has 5 amide bonds. The molecule has 4 saturated heterocycles. The Labute approximate surface area is 503 Å². The van der Waals surface area contributed by atoms with E-state index in [-0.39, 0.29) is 78.2 Å². The second-order valence-corrected chi connectivity index (χ2v) is 24.7. The van der Waals surface area contributed by atoms with Crippen LogP contribution in [0.2, 0.25) is 5.02 Å². The molecular formula is C64H84ClF2N11O7. The number of anilines is 1. The largest absolute Gasteiger partial charge is 0.387 e. The average Bonchev–Trinajstić information content (AvgIpc) is 3.88. The van der Waals surface area contributed by atoms with Crippen molar-refractivity contribution in [2.45, 2.75) is 133 Å². The molecule has 5 atom stereocenters. The number of nitrogens with zero attached hydrogens (tertiary/aromatic N) is 7. The third-order valence-electron chi connectivity index (χ3n) is 18.4. The number of nitrogens with one attached hydrogen (secondary N) is 4. The normalized spacial score (nSPS) is 21.8. The number of hydrogen-bond donors (Lipinski definition) is 5. The molecule has 85 heavy (non-hydrogen) atoms. The van der Waals surface area contributed by atoms with Gasteiger partial charge in [0.15, 0.2) is 0 Å². The highest BCUT2D eigenvalue weighted by atomic mass is 35.5. The monoisotopic (exact) mass is 1190 g/mol. The van der Waals surface area contributed by atoms with Gasteiger partial charge >= 0.3 is 0 Å². The Hall–Kier alpha value is -6.16. The van der Waals surface area contributed by atoms with Crippen LogP contribution < -0.4 is 26.2 Å². The van der Waals surface area contributed by atoms with E-state index in [1.807, 2.05) is 40.1 Å². The van der Waals surface area contributed by atoms with Gasteiger partial charge in [0, 0.05) is 125 Å². The van der Waals surface area contributed by atoms with Gasteiger partial charge in [-0.2, -0.15) is 0 Å². The van der Waals surface area contributed by atoms with Crippen LogP contribution in [0.25, 0.3) is 0 Å². The molecule has 18 nitrogen and oxygen atoms in total. The van der Waals surface area contributed by atoms with Gasteiger partial charge in [0.2, 0.25) is 23.6 Å². The van der Waals surface area contributed by atoms with E-state index in [9.17, 15) is 37.9 Å². The van der Waals surface area contributed by atoms with Crippen LogP contribution in [0.1, 0.15) is 146 Å². The van der Waals surface area contributed by atoms with Crippen LogP contribution in [-0.2, 0) is 30.5 Å². The number of aromatic nitrogens is 2. The first-order valence-corrected chi connectivity index (χ1v) is 31.4. The lowest BCUT2D eigenvalue weighted by molar-refractivity contribution is -0.139. The molecule has 5 fully saturated rings. The molecule has 1 aromatic heterocycles. The van der Waals surface area contributed by atoms with E-state index < -0.39 is 29.7 Å². The summed E-state index contributed by atoms with van der Waals surface area (Å²) in [4.78, 5) is 88.1. The molecule has 10 rings (SSSR count). The van der Waals surface area contributed by atoms with Crippen molar-refractivity contribution in [2.24, 2.45) is 5.92 Å². The van der Waals surface area contributed by atoms with Crippen molar-refractivity contribution in [2.75, 3.05) is 103 Å². The smallest absolute Gasteiger partial charge is 0.251 e. The predicted molar refractivity (Wildman–Crippen MR) is 320 cm³/mol. The Morgan fingerprint density at radius 1 is 0.753 bits per heavy atom. The summed E-state index contributed by atoms with van der Waals surface area (Å²) in [6.07, 6.45) is 11.3. The third-order valence-corrected chi connectivity index (χ3v) is 18.7. The number of aliphatic hydroxyl groups is 1. The molecule has 4 aromatic rings. The molecule has 2 aliphatic carbocycles. The summed E-state index contributed by atoms with van der Waals surface area (Å²) in [5.41, 5.74) is 4.31. The van der Waals surface area contributed by atoms with Gasteiger partial charge in [-0.05, 0) is 111 Å². The fourth-order valence-electron chi connectivity index (χ4n) is 13.6. The van der Waals surface area contributed by atoms with Crippen LogP contribution in [0, 0.1) is 17.6 Å². The summed E-state index contributed by atoms with van der Waals surface area (Å²) in [7, 11) is 0. The summed E-state index contributed by atoms with van der Waals surface area (Å²) >= 11 is 6.25. The minimum absolute atomic E-state index is 0.0180. The van der Waals surface area contributed by atoms with Crippen LogP contribution in [0.4, 0.5) is 14.6 Å². The number of carbonyl (C=O) groups is 5. The second-order valence-electron chi connectivity index (χ2n) is 24.2. The Morgan fingerprint density at radius 3 is 2.22 bits per heavy atom. The SMILES string of the molecule is C[C@@H]1C[C@@H](O)c2ncnc(N3CCN(C(=O)[C@H](CNCCNC(=O)CN4CCC(OC5CCN(C(=O)[C@H](NC(=O)c6cccc(C7CCCN(C(=O)CNCc8ccc(F)cc8F)C7)c6)C6CCCCC6)CC5)CC4)c4ccc(Cl)cc4)CC3)c21. The van der Waals surface area contributed by atoms with Crippen molar-refractivity contribution in [1.29, 1.82) is 0 Å². The van der Waals surface area contributed by atoms with Crippen molar-refractivity contribution in [3.8, 4) is 0 Å². The Morgan fingerprint density at radius 2 is 1.48 bits per heavy atom. The molecule has 458 valence electrons. The number of rotatable bonds is 21. The van der Waals surface area contributed by atoms with E-state index in [1.165, 1.54) is 18.5 Å². The Balaban J connectivity index is 0.628. The number of benzene rings is 3. The van der Waals surface area contributed by atoms with E-state index >= 15 is 0 Å². The van der Waals surface area contributed by atoms with E-state index in [1.54, 1.807) is 23.1 Å². The lowest BCUT2D eigenvalue weighted by atomic mass is 9.83. The topological polar surface area (TPSA) is 205 Å². The molecule has 1 saturated carbocycles. The maximum atomic E-state index is 14.5. The van der Waals surface area contributed by atoms with Crippen molar-refractivity contribution < 1.29 is 42.6 Å². The molecule has 0 bridgehead atoms. The molecule has 4 aliphatic heterocycles. The van der Waals surface area contributed by atoms with Crippen LogP contribution in [-0.4, -0.2) is 181 Å². The summed E-state index contributed by atoms with van der Waals surface area (Å²) < 4.78 is 34.2. The number of carbonyl (C=O) groups excluding carboxylic acids is 5. The summed E-state index contributed by atoms with van der Waals surface area (Å²) in [5.74, 6) is -1.12. The number of halogens is 3. The Bertz CT molecular complexity index is 2930. The van der Waals surface area contributed by atoms with Crippen LogP contribution >= 0.6 is 11.6 Å². The zero-order valence-electron chi connectivity index (χ0n) is 49.0. The van der Waals surface area contributed by atoms with Gasteiger partial charge in [0.25, 0.3) is 5.91 Å². The lowest BCUT2D eigenvalue weighted by Crippen LogP contribution is -2.55. The molecular weight excluding hydrogens is 1110 g/mol. The number of ether oxygens (including phenoxy) is 1.